The zero-order chi connectivity index (χ0) is 6.27. The van der Waals surface area contributed by atoms with Crippen LogP contribution >= 0.6 is 20.6 Å². The Labute approximate surface area is 59.5 Å². The molecule has 4 heteroatoms. The van der Waals surface area contributed by atoms with E-state index >= 15 is 0 Å². The number of oxime groups is 1. The number of hydrogen-bond acceptors (Lipinski definition) is 3. The van der Waals surface area contributed by atoms with Gasteiger partial charge in [-0.1, -0.05) is 5.16 Å². The van der Waals surface area contributed by atoms with E-state index < -0.39 is 0 Å². The summed E-state index contributed by atoms with van der Waals surface area (Å²) in [6, 6.07) is 0. The van der Waals surface area contributed by atoms with Crippen LogP contribution in [-0.4, -0.2) is 11.1 Å². The Bertz CT molecular complexity index is 241. The van der Waals surface area contributed by atoms with Crippen LogP contribution in [-0.2, 0) is 4.28 Å². The van der Waals surface area contributed by atoms with E-state index in [2.05, 4.69) is 17.5 Å². The monoisotopic (exact) mass is 159 g/mol. The summed E-state index contributed by atoms with van der Waals surface area (Å²) in [6.45, 7) is 2.08. The van der Waals surface area contributed by atoms with Gasteiger partial charge in [-0.25, -0.2) is 0 Å². The molecule has 9 heavy (non-hydrogen) atoms. The molecule has 0 radical (unpaired) electrons. The second-order valence-corrected chi connectivity index (χ2v) is 4.78. The van der Waals surface area contributed by atoms with Crippen molar-refractivity contribution in [2.75, 3.05) is 0 Å². The lowest BCUT2D eigenvalue weighted by molar-refractivity contribution is 0.417. The van der Waals surface area contributed by atoms with E-state index in [0.29, 0.717) is 0 Å². The van der Waals surface area contributed by atoms with Gasteiger partial charge < -0.3 is 4.28 Å². The molecule has 48 valence electrons. The number of hydrogen-bond donors (Lipinski definition) is 0. The molecule has 2 heterocycles. The van der Waals surface area contributed by atoms with Crippen molar-refractivity contribution >= 4 is 31.7 Å². The van der Waals surface area contributed by atoms with Crippen molar-refractivity contribution in [2.45, 2.75) is 6.92 Å². The third-order valence-electron chi connectivity index (χ3n) is 1.16. The average Bonchev–Trinajstić information content (AvgIpc) is 2.35. The van der Waals surface area contributed by atoms with Crippen molar-refractivity contribution in [3.8, 4) is 0 Å². The first-order valence-corrected chi connectivity index (χ1v) is 5.09. The quantitative estimate of drug-likeness (QED) is 0.398. The van der Waals surface area contributed by atoms with Gasteiger partial charge in [-0.05, 0) is 28.7 Å². The molecule has 2 aliphatic rings. The van der Waals surface area contributed by atoms with E-state index in [0.717, 1.165) is 0 Å². The molecule has 1 atom stereocenters. The summed E-state index contributed by atoms with van der Waals surface area (Å²) in [5.74, 6) is 0. The molecular formula is C5H5NOS2. The smallest absolute Gasteiger partial charge is 0.0977 e. The van der Waals surface area contributed by atoms with Crippen LogP contribution in [0.5, 0.6) is 0 Å². The van der Waals surface area contributed by atoms with Crippen LogP contribution < -0.4 is 0 Å². The topological polar surface area (TPSA) is 21.6 Å². The molecule has 0 fully saturated rings. The zero-order valence-electron chi connectivity index (χ0n) is 4.83. The minimum absolute atomic E-state index is 0.0795. The van der Waals surface area contributed by atoms with E-state index in [9.17, 15) is 0 Å². The van der Waals surface area contributed by atoms with Gasteiger partial charge in [-0.2, -0.15) is 0 Å². The molecule has 0 aromatic heterocycles. The number of rotatable bonds is 0. The lowest BCUT2D eigenvalue weighted by atomic mass is 10.3. The van der Waals surface area contributed by atoms with Crippen LogP contribution in [0.15, 0.2) is 16.1 Å². The Morgan fingerprint density at radius 1 is 1.78 bits per heavy atom. The van der Waals surface area contributed by atoms with Gasteiger partial charge in [0.15, 0.2) is 0 Å². The zero-order valence-corrected chi connectivity index (χ0v) is 6.46. The first-order chi connectivity index (χ1) is 4.38. The summed E-state index contributed by atoms with van der Waals surface area (Å²) in [5.41, 5.74) is 1.30. The normalized spacial score (nSPS) is 30.1. The molecule has 0 amide bonds. The maximum absolute atomic E-state index is 5.02. The first kappa shape index (κ1) is 5.56. The molecule has 0 aliphatic carbocycles. The minimum Gasteiger partial charge on any atom is -0.319 e. The third-order valence-corrected chi connectivity index (χ3v) is 4.33. The molecule has 0 spiro atoms. The van der Waals surface area contributed by atoms with Gasteiger partial charge in [0.05, 0.1) is 20.9 Å². The Hall–Kier alpha value is -0.220. The Kier molecular flexibility index (Phi) is 1.16. The lowest BCUT2D eigenvalue weighted by Crippen LogP contribution is -1.92. The summed E-state index contributed by atoms with van der Waals surface area (Å²) in [5, 5.41) is 5.82. The summed E-state index contributed by atoms with van der Waals surface area (Å²) < 4.78 is 5.02. The molecular weight excluding hydrogens is 154 g/mol. The molecule has 0 saturated heterocycles. The standard InChI is InChI=1S/C5H5NOS2/c1-4-3-8-9-5(4)2-6-7-9/h2-3H,1H3. The highest BCUT2D eigenvalue weighted by Gasteiger charge is 2.18. The highest BCUT2D eigenvalue weighted by atomic mass is 33.1. The Morgan fingerprint density at radius 3 is 3.44 bits per heavy atom. The molecule has 0 bridgehead atoms. The van der Waals surface area contributed by atoms with Gasteiger partial charge >= 0.3 is 0 Å². The maximum atomic E-state index is 5.02. The lowest BCUT2D eigenvalue weighted by Gasteiger charge is -1.90. The molecule has 0 saturated carbocycles. The van der Waals surface area contributed by atoms with E-state index in [4.69, 9.17) is 4.28 Å². The predicted octanol–water partition coefficient (Wildman–Crippen LogP) is 1.92. The molecule has 0 aromatic rings. The van der Waals surface area contributed by atoms with E-state index in [1.54, 1.807) is 17.0 Å². The van der Waals surface area contributed by atoms with Crippen LogP contribution in [0.4, 0.5) is 0 Å². The number of allylic oxidation sites excluding steroid dienone is 1. The minimum atomic E-state index is -0.0795. The van der Waals surface area contributed by atoms with E-state index in [-0.39, 0.29) is 9.80 Å². The van der Waals surface area contributed by atoms with Crippen LogP contribution in [0.2, 0.25) is 0 Å². The van der Waals surface area contributed by atoms with Gasteiger partial charge in [0.2, 0.25) is 0 Å². The van der Waals surface area contributed by atoms with Crippen LogP contribution in [0.25, 0.3) is 0 Å². The Morgan fingerprint density at radius 2 is 2.67 bits per heavy atom. The Balaban J connectivity index is 2.44. The second-order valence-electron chi connectivity index (χ2n) is 1.81. The molecule has 2 aliphatic heterocycles. The van der Waals surface area contributed by atoms with Crippen molar-refractivity contribution in [3.63, 3.8) is 0 Å². The highest BCUT2D eigenvalue weighted by Crippen LogP contribution is 2.44. The van der Waals surface area contributed by atoms with Crippen LogP contribution in [0.1, 0.15) is 6.92 Å². The van der Waals surface area contributed by atoms with Crippen LogP contribution in [0, 0.1) is 0 Å². The summed E-state index contributed by atoms with van der Waals surface area (Å²) in [6.07, 6.45) is 1.80. The van der Waals surface area contributed by atoms with Crippen molar-refractivity contribution in [3.05, 3.63) is 11.0 Å². The maximum Gasteiger partial charge on any atom is 0.0977 e. The molecule has 0 N–H and O–H groups in total. The summed E-state index contributed by atoms with van der Waals surface area (Å²) in [4.78, 5) is 1.25. The second kappa shape index (κ2) is 1.88. The molecule has 0 aromatic carbocycles. The first-order valence-electron chi connectivity index (χ1n) is 2.54. The molecule has 2 rings (SSSR count). The molecule has 1 unspecified atom stereocenters. The predicted molar refractivity (Wildman–Crippen MR) is 43.5 cm³/mol. The summed E-state index contributed by atoms with van der Waals surface area (Å²) in [7, 11) is 1.62. The van der Waals surface area contributed by atoms with Gasteiger partial charge in [-0.3, -0.25) is 0 Å². The third kappa shape index (κ3) is 0.737. The average molecular weight is 159 g/mol. The van der Waals surface area contributed by atoms with Crippen molar-refractivity contribution in [2.24, 2.45) is 5.16 Å². The fourth-order valence-corrected chi connectivity index (χ4v) is 3.63. The highest BCUT2D eigenvalue weighted by molar-refractivity contribution is 8.84. The fourth-order valence-electron chi connectivity index (χ4n) is 0.668. The largest absolute Gasteiger partial charge is 0.319 e. The SMILES string of the molecule is CC1=CSS2=C1C=NO2. The van der Waals surface area contributed by atoms with Gasteiger partial charge in [0.25, 0.3) is 0 Å². The van der Waals surface area contributed by atoms with Gasteiger partial charge in [0, 0.05) is 0 Å². The van der Waals surface area contributed by atoms with Gasteiger partial charge in [-0.15, -0.1) is 0 Å². The summed E-state index contributed by atoms with van der Waals surface area (Å²) >= 11 is 0. The van der Waals surface area contributed by atoms with Crippen molar-refractivity contribution in [1.29, 1.82) is 0 Å². The van der Waals surface area contributed by atoms with Crippen molar-refractivity contribution < 1.29 is 4.28 Å². The number of nitrogens with zero attached hydrogens (tertiary/aromatic N) is 1. The molecule has 2 nitrogen and oxygen atoms in total. The van der Waals surface area contributed by atoms with Crippen LogP contribution in [0.3, 0.4) is 0 Å². The fraction of sp³-hybridized carbons (Fsp3) is 0.200. The van der Waals surface area contributed by atoms with Gasteiger partial charge in [0.1, 0.15) is 0 Å². The van der Waals surface area contributed by atoms with E-state index in [1.165, 1.54) is 10.4 Å². The van der Waals surface area contributed by atoms with Crippen molar-refractivity contribution in [1.82, 2.24) is 0 Å². The van der Waals surface area contributed by atoms with E-state index in [1.807, 2.05) is 0 Å².